The van der Waals surface area contributed by atoms with E-state index in [1.54, 1.807) is 0 Å². The molecule has 3 atom stereocenters. The number of nitrogens with zero attached hydrogens (tertiary/aromatic N) is 1. The molecule has 2 bridgehead atoms. The lowest BCUT2D eigenvalue weighted by Gasteiger charge is -2.31. The van der Waals surface area contributed by atoms with Crippen LogP contribution < -0.4 is 5.32 Å². The molecule has 3 unspecified atom stereocenters. The average molecular weight is 244 g/mol. The molecule has 1 N–H and O–H groups in total. The van der Waals surface area contributed by atoms with Crippen LogP contribution >= 0.6 is 0 Å². The number of piperidine rings is 1. The number of rotatable bonds is 5. The van der Waals surface area contributed by atoms with Crippen molar-refractivity contribution in [2.45, 2.75) is 38.3 Å². The third kappa shape index (κ3) is 2.45. The molecule has 3 rings (SSSR count). The molecule has 0 amide bonds. The summed E-state index contributed by atoms with van der Waals surface area (Å²) >= 11 is 0. The standard InChI is InChI=1S/C16H24N2/c1-2-17-16(14-6-4-3-5-7-14)12-18-11-13-8-9-15(18)10-13/h3-7,13,15-17H,2,8-12H2,1H3. The zero-order valence-corrected chi connectivity index (χ0v) is 11.3. The van der Waals surface area contributed by atoms with E-state index in [-0.39, 0.29) is 0 Å². The molecule has 1 heterocycles. The first-order valence-electron chi connectivity index (χ1n) is 7.39. The fraction of sp³-hybridized carbons (Fsp3) is 0.625. The van der Waals surface area contributed by atoms with Crippen molar-refractivity contribution in [1.82, 2.24) is 10.2 Å². The Morgan fingerprint density at radius 1 is 1.28 bits per heavy atom. The van der Waals surface area contributed by atoms with E-state index in [2.05, 4.69) is 47.5 Å². The van der Waals surface area contributed by atoms with Gasteiger partial charge in [-0.2, -0.15) is 0 Å². The van der Waals surface area contributed by atoms with Gasteiger partial charge in [0.25, 0.3) is 0 Å². The lowest BCUT2D eigenvalue weighted by molar-refractivity contribution is 0.192. The molecule has 0 spiro atoms. The molecule has 1 saturated carbocycles. The summed E-state index contributed by atoms with van der Waals surface area (Å²) in [4.78, 5) is 2.72. The number of nitrogens with one attached hydrogen (secondary N) is 1. The van der Waals surface area contributed by atoms with Crippen LogP contribution in [0, 0.1) is 5.92 Å². The summed E-state index contributed by atoms with van der Waals surface area (Å²) in [5.74, 6) is 0.994. The number of benzene rings is 1. The van der Waals surface area contributed by atoms with E-state index in [0.29, 0.717) is 6.04 Å². The molecule has 2 fully saturated rings. The minimum absolute atomic E-state index is 0.496. The SMILES string of the molecule is CCNC(CN1CC2CCC1C2)c1ccccc1. The van der Waals surface area contributed by atoms with Crippen LogP contribution in [0.4, 0.5) is 0 Å². The van der Waals surface area contributed by atoms with Crippen molar-refractivity contribution in [3.8, 4) is 0 Å². The predicted molar refractivity (Wildman–Crippen MR) is 75.6 cm³/mol. The van der Waals surface area contributed by atoms with Gasteiger partial charge >= 0.3 is 0 Å². The fourth-order valence-corrected chi connectivity index (χ4v) is 3.70. The van der Waals surface area contributed by atoms with Gasteiger partial charge in [-0.05, 0) is 37.3 Å². The third-order valence-corrected chi connectivity index (χ3v) is 4.59. The molecular weight excluding hydrogens is 220 g/mol. The van der Waals surface area contributed by atoms with E-state index >= 15 is 0 Å². The molecule has 1 aliphatic carbocycles. The van der Waals surface area contributed by atoms with Crippen LogP contribution in [0.25, 0.3) is 0 Å². The van der Waals surface area contributed by atoms with Crippen LogP contribution in [0.5, 0.6) is 0 Å². The van der Waals surface area contributed by atoms with Gasteiger partial charge in [0.2, 0.25) is 0 Å². The van der Waals surface area contributed by atoms with E-state index in [1.165, 1.54) is 37.9 Å². The molecule has 1 aliphatic heterocycles. The van der Waals surface area contributed by atoms with Gasteiger partial charge < -0.3 is 5.32 Å². The predicted octanol–water partition coefficient (Wildman–Crippen LogP) is 2.82. The highest BCUT2D eigenvalue weighted by atomic mass is 15.2. The molecule has 2 heteroatoms. The van der Waals surface area contributed by atoms with Crippen LogP contribution in [0.1, 0.15) is 37.8 Å². The van der Waals surface area contributed by atoms with Crippen molar-refractivity contribution in [3.05, 3.63) is 35.9 Å². The second-order valence-corrected chi connectivity index (χ2v) is 5.81. The van der Waals surface area contributed by atoms with Gasteiger partial charge in [0, 0.05) is 25.2 Å². The van der Waals surface area contributed by atoms with Crippen molar-refractivity contribution < 1.29 is 0 Å². The maximum atomic E-state index is 3.64. The van der Waals surface area contributed by atoms with Crippen molar-refractivity contribution >= 4 is 0 Å². The Labute approximate surface area is 110 Å². The van der Waals surface area contributed by atoms with Crippen LogP contribution in [-0.4, -0.2) is 30.6 Å². The minimum atomic E-state index is 0.496. The largest absolute Gasteiger partial charge is 0.309 e. The molecule has 1 aromatic carbocycles. The number of hydrogen-bond donors (Lipinski definition) is 1. The molecule has 98 valence electrons. The van der Waals surface area contributed by atoms with E-state index in [4.69, 9.17) is 0 Å². The highest BCUT2D eigenvalue weighted by Crippen LogP contribution is 2.38. The molecule has 18 heavy (non-hydrogen) atoms. The maximum Gasteiger partial charge on any atom is 0.0449 e. The van der Waals surface area contributed by atoms with E-state index in [0.717, 1.165) is 18.5 Å². The number of likely N-dealkylation sites (N-methyl/N-ethyl adjacent to an activating group) is 1. The topological polar surface area (TPSA) is 15.3 Å². The number of fused-ring (bicyclic) bond motifs is 2. The Morgan fingerprint density at radius 3 is 2.72 bits per heavy atom. The highest BCUT2D eigenvalue weighted by molar-refractivity contribution is 5.19. The van der Waals surface area contributed by atoms with Crippen LogP contribution in [0.2, 0.25) is 0 Å². The first kappa shape index (κ1) is 12.2. The Kier molecular flexibility index (Phi) is 3.67. The monoisotopic (exact) mass is 244 g/mol. The second kappa shape index (κ2) is 5.41. The summed E-state index contributed by atoms with van der Waals surface area (Å²) in [5.41, 5.74) is 1.43. The van der Waals surface area contributed by atoms with Gasteiger partial charge in [-0.3, -0.25) is 4.90 Å². The first-order chi connectivity index (χ1) is 8.86. The van der Waals surface area contributed by atoms with Crippen LogP contribution in [0.15, 0.2) is 30.3 Å². The number of likely N-dealkylation sites (tertiary alicyclic amines) is 1. The highest BCUT2D eigenvalue weighted by Gasteiger charge is 2.38. The normalized spacial score (nSPS) is 28.7. The summed E-state index contributed by atoms with van der Waals surface area (Å²) in [6.07, 6.45) is 4.35. The Hall–Kier alpha value is -0.860. The van der Waals surface area contributed by atoms with Crippen molar-refractivity contribution in [3.63, 3.8) is 0 Å². The summed E-state index contributed by atoms with van der Waals surface area (Å²) in [6, 6.07) is 12.3. The molecule has 0 aromatic heterocycles. The van der Waals surface area contributed by atoms with Gasteiger partial charge in [-0.1, -0.05) is 37.3 Å². The quantitative estimate of drug-likeness (QED) is 0.857. The Balaban J connectivity index is 1.67. The summed E-state index contributed by atoms with van der Waals surface area (Å²) in [6.45, 7) is 5.76. The number of hydrogen-bond acceptors (Lipinski definition) is 2. The Bertz CT molecular complexity index is 376. The summed E-state index contributed by atoms with van der Waals surface area (Å²) < 4.78 is 0. The molecule has 0 radical (unpaired) electrons. The third-order valence-electron chi connectivity index (χ3n) is 4.59. The van der Waals surface area contributed by atoms with Crippen molar-refractivity contribution in [2.75, 3.05) is 19.6 Å². The fourth-order valence-electron chi connectivity index (χ4n) is 3.70. The van der Waals surface area contributed by atoms with E-state index in [9.17, 15) is 0 Å². The Morgan fingerprint density at radius 2 is 2.11 bits per heavy atom. The van der Waals surface area contributed by atoms with Crippen LogP contribution in [-0.2, 0) is 0 Å². The van der Waals surface area contributed by atoms with Crippen molar-refractivity contribution in [1.29, 1.82) is 0 Å². The second-order valence-electron chi connectivity index (χ2n) is 5.81. The van der Waals surface area contributed by atoms with Crippen molar-refractivity contribution in [2.24, 2.45) is 5.92 Å². The van der Waals surface area contributed by atoms with Gasteiger partial charge in [0.1, 0.15) is 0 Å². The molecule has 1 aromatic rings. The van der Waals surface area contributed by atoms with Gasteiger partial charge in [0.05, 0.1) is 0 Å². The minimum Gasteiger partial charge on any atom is -0.309 e. The maximum absolute atomic E-state index is 3.64. The molecule has 2 aliphatic rings. The van der Waals surface area contributed by atoms with E-state index < -0.39 is 0 Å². The average Bonchev–Trinajstić information content (AvgIpc) is 3.01. The smallest absolute Gasteiger partial charge is 0.0449 e. The van der Waals surface area contributed by atoms with Gasteiger partial charge in [-0.15, -0.1) is 0 Å². The van der Waals surface area contributed by atoms with Crippen LogP contribution in [0.3, 0.4) is 0 Å². The first-order valence-corrected chi connectivity index (χ1v) is 7.39. The summed E-state index contributed by atoms with van der Waals surface area (Å²) in [5, 5.41) is 3.64. The molecule has 1 saturated heterocycles. The van der Waals surface area contributed by atoms with Gasteiger partial charge in [-0.25, -0.2) is 0 Å². The lowest BCUT2D eigenvalue weighted by Crippen LogP contribution is -2.39. The zero-order valence-electron chi connectivity index (χ0n) is 11.3. The summed E-state index contributed by atoms with van der Waals surface area (Å²) in [7, 11) is 0. The van der Waals surface area contributed by atoms with Gasteiger partial charge in [0.15, 0.2) is 0 Å². The zero-order chi connectivity index (χ0) is 12.4. The van der Waals surface area contributed by atoms with E-state index in [1.807, 2.05) is 0 Å². The molecular formula is C16H24N2. The lowest BCUT2D eigenvalue weighted by atomic mass is 10.0. The molecule has 2 nitrogen and oxygen atoms in total.